The highest BCUT2D eigenvalue weighted by molar-refractivity contribution is 7.12. The summed E-state index contributed by atoms with van der Waals surface area (Å²) in [5.41, 5.74) is 1.21. The maximum absolute atomic E-state index is 12.6. The van der Waals surface area contributed by atoms with E-state index in [1.807, 2.05) is 28.5 Å². The van der Waals surface area contributed by atoms with Crippen LogP contribution in [0.1, 0.15) is 42.8 Å². The Morgan fingerprint density at radius 2 is 1.69 bits per heavy atom. The molecule has 1 aromatic carbocycles. The van der Waals surface area contributed by atoms with Gasteiger partial charge in [-0.1, -0.05) is 24.3 Å². The number of benzene rings is 1. The number of anilines is 1. The molecule has 2 aromatic rings. The number of hydrogen-bond donors (Lipinski definition) is 0. The van der Waals surface area contributed by atoms with Crippen molar-refractivity contribution in [2.75, 3.05) is 18.0 Å². The Bertz CT molecular complexity index is 718. The van der Waals surface area contributed by atoms with Gasteiger partial charge in [-0.3, -0.25) is 9.59 Å². The number of piperazine rings is 1. The molecule has 1 aliphatic heterocycles. The van der Waals surface area contributed by atoms with Crippen LogP contribution in [0, 0.1) is 0 Å². The van der Waals surface area contributed by atoms with Crippen LogP contribution in [0.4, 0.5) is 5.69 Å². The molecular formula is C21H26N2O2S. The summed E-state index contributed by atoms with van der Waals surface area (Å²) in [5, 5.41) is 1.91. The van der Waals surface area contributed by atoms with Crippen LogP contribution < -0.4 is 4.90 Å². The van der Waals surface area contributed by atoms with Crippen LogP contribution in [-0.2, 0) is 4.79 Å². The van der Waals surface area contributed by atoms with E-state index in [1.165, 1.54) is 17.0 Å². The first-order chi connectivity index (χ1) is 12.6. The van der Waals surface area contributed by atoms with Gasteiger partial charge in [-0.2, -0.15) is 0 Å². The Morgan fingerprint density at radius 1 is 1.00 bits per heavy atom. The molecule has 0 bridgehead atoms. The lowest BCUT2D eigenvalue weighted by Crippen LogP contribution is -2.58. The second kappa shape index (κ2) is 8.49. The molecule has 0 spiro atoms. The van der Waals surface area contributed by atoms with Crippen molar-refractivity contribution in [2.45, 2.75) is 45.2 Å². The van der Waals surface area contributed by atoms with Gasteiger partial charge < -0.3 is 9.80 Å². The van der Waals surface area contributed by atoms with Crippen molar-refractivity contribution in [1.82, 2.24) is 4.90 Å². The molecule has 1 aromatic heterocycles. The van der Waals surface area contributed by atoms with Crippen LogP contribution >= 0.6 is 11.3 Å². The smallest absolute Gasteiger partial charge is 0.222 e. The number of rotatable bonds is 6. The molecule has 138 valence electrons. The number of nitrogens with zero attached hydrogens (tertiary/aromatic N) is 2. The molecule has 4 nitrogen and oxygen atoms in total. The first-order valence-electron chi connectivity index (χ1n) is 9.24. The normalized spacial score (nSPS) is 20.2. The van der Waals surface area contributed by atoms with Crippen molar-refractivity contribution in [3.8, 4) is 0 Å². The van der Waals surface area contributed by atoms with Crippen molar-refractivity contribution in [1.29, 1.82) is 0 Å². The van der Waals surface area contributed by atoms with Gasteiger partial charge >= 0.3 is 0 Å². The summed E-state index contributed by atoms with van der Waals surface area (Å²) >= 11 is 1.47. The van der Waals surface area contributed by atoms with Crippen LogP contribution in [0.5, 0.6) is 0 Å². The summed E-state index contributed by atoms with van der Waals surface area (Å²) in [4.78, 5) is 29.8. The molecule has 1 saturated heterocycles. The molecule has 1 fully saturated rings. The average Bonchev–Trinajstić information content (AvgIpc) is 3.16. The predicted molar refractivity (Wildman–Crippen MR) is 107 cm³/mol. The maximum atomic E-state index is 12.6. The Morgan fingerprint density at radius 3 is 2.31 bits per heavy atom. The van der Waals surface area contributed by atoms with E-state index < -0.39 is 0 Å². The number of para-hydroxylation sites is 1. The second-order valence-corrected chi connectivity index (χ2v) is 7.94. The van der Waals surface area contributed by atoms with Crippen LogP contribution in [0.2, 0.25) is 0 Å². The Kier molecular flexibility index (Phi) is 6.09. The number of thiophene rings is 1. The average molecular weight is 371 g/mol. The van der Waals surface area contributed by atoms with Gasteiger partial charge in [0.2, 0.25) is 5.91 Å². The third-order valence-electron chi connectivity index (χ3n) is 4.92. The lowest BCUT2D eigenvalue weighted by molar-refractivity contribution is -0.132. The summed E-state index contributed by atoms with van der Waals surface area (Å²) in [6.07, 6.45) is 1.51. The summed E-state index contributed by atoms with van der Waals surface area (Å²) in [6, 6.07) is 14.7. The first kappa shape index (κ1) is 18.6. The van der Waals surface area contributed by atoms with E-state index in [0.29, 0.717) is 19.3 Å². The Labute approximate surface area is 159 Å². The predicted octanol–water partition coefficient (Wildman–Crippen LogP) is 4.23. The molecule has 0 aliphatic carbocycles. The molecule has 0 radical (unpaired) electrons. The van der Waals surface area contributed by atoms with Crippen molar-refractivity contribution in [3.63, 3.8) is 0 Å². The molecule has 2 heterocycles. The minimum Gasteiger partial charge on any atom is -0.363 e. The van der Waals surface area contributed by atoms with E-state index in [-0.39, 0.29) is 23.8 Å². The molecule has 0 N–H and O–H groups in total. The number of ketones is 1. The van der Waals surface area contributed by atoms with E-state index >= 15 is 0 Å². The Balaban J connectivity index is 1.51. The minimum atomic E-state index is 0.142. The summed E-state index contributed by atoms with van der Waals surface area (Å²) < 4.78 is 0. The molecule has 1 amide bonds. The van der Waals surface area contributed by atoms with Gasteiger partial charge in [-0.05, 0) is 43.8 Å². The third kappa shape index (κ3) is 4.33. The quantitative estimate of drug-likeness (QED) is 0.715. The fraction of sp³-hybridized carbons (Fsp3) is 0.429. The van der Waals surface area contributed by atoms with Crippen molar-refractivity contribution < 1.29 is 9.59 Å². The largest absolute Gasteiger partial charge is 0.363 e. The van der Waals surface area contributed by atoms with Crippen molar-refractivity contribution in [3.05, 3.63) is 52.7 Å². The lowest BCUT2D eigenvalue weighted by atomic mass is 10.0. The van der Waals surface area contributed by atoms with Gasteiger partial charge in [0.25, 0.3) is 0 Å². The number of carbonyl (C=O) groups excluding carboxylic acids is 2. The zero-order valence-corrected chi connectivity index (χ0v) is 16.2. The van der Waals surface area contributed by atoms with Gasteiger partial charge in [-0.15, -0.1) is 11.3 Å². The van der Waals surface area contributed by atoms with E-state index in [9.17, 15) is 9.59 Å². The maximum Gasteiger partial charge on any atom is 0.222 e. The zero-order chi connectivity index (χ0) is 18.5. The molecule has 1 aliphatic rings. The van der Waals surface area contributed by atoms with Crippen LogP contribution in [0.3, 0.4) is 0 Å². The number of Topliss-reactive ketones (excluding diaryl/α,β-unsaturated/α-hetero) is 1. The van der Waals surface area contributed by atoms with Gasteiger partial charge in [0.05, 0.1) is 4.88 Å². The first-order valence-corrected chi connectivity index (χ1v) is 10.1. The highest BCUT2D eigenvalue weighted by Crippen LogP contribution is 2.25. The standard InChI is InChI=1S/C21H26N2O2S/c1-16-14-22(15-17(2)23(16)18-8-4-3-5-9-18)21(25)12-6-10-19(24)20-11-7-13-26-20/h3-5,7-9,11,13,16-17H,6,10,12,14-15H2,1-2H3. The molecule has 26 heavy (non-hydrogen) atoms. The zero-order valence-electron chi connectivity index (χ0n) is 15.4. The van der Waals surface area contributed by atoms with Gasteiger partial charge in [0.15, 0.2) is 5.78 Å². The molecular weight excluding hydrogens is 344 g/mol. The van der Waals surface area contributed by atoms with Crippen LogP contribution in [-0.4, -0.2) is 41.8 Å². The number of carbonyl (C=O) groups is 2. The fourth-order valence-corrected chi connectivity index (χ4v) is 4.45. The minimum absolute atomic E-state index is 0.142. The summed E-state index contributed by atoms with van der Waals surface area (Å²) in [5.74, 6) is 0.304. The molecule has 2 unspecified atom stereocenters. The van der Waals surface area contributed by atoms with Crippen LogP contribution in [0.15, 0.2) is 47.8 Å². The van der Waals surface area contributed by atoms with E-state index in [1.54, 1.807) is 0 Å². The summed E-state index contributed by atoms with van der Waals surface area (Å²) in [6.45, 7) is 5.81. The number of amides is 1. The molecule has 3 rings (SSSR count). The molecule has 0 saturated carbocycles. The molecule has 5 heteroatoms. The SMILES string of the molecule is CC1CN(C(=O)CCCC(=O)c2cccs2)CC(C)N1c1ccccc1. The molecule has 2 atom stereocenters. The third-order valence-corrected chi connectivity index (χ3v) is 5.83. The lowest BCUT2D eigenvalue weighted by Gasteiger charge is -2.46. The van der Waals surface area contributed by atoms with Crippen LogP contribution in [0.25, 0.3) is 0 Å². The topological polar surface area (TPSA) is 40.6 Å². The van der Waals surface area contributed by atoms with E-state index in [0.717, 1.165) is 18.0 Å². The second-order valence-electron chi connectivity index (χ2n) is 6.99. The fourth-order valence-electron chi connectivity index (χ4n) is 3.75. The van der Waals surface area contributed by atoms with Crippen molar-refractivity contribution >= 4 is 28.7 Å². The summed E-state index contributed by atoms with van der Waals surface area (Å²) in [7, 11) is 0. The van der Waals surface area contributed by atoms with E-state index in [4.69, 9.17) is 0 Å². The van der Waals surface area contributed by atoms with Gasteiger partial charge in [0, 0.05) is 43.7 Å². The van der Waals surface area contributed by atoms with Crippen molar-refractivity contribution in [2.24, 2.45) is 0 Å². The number of hydrogen-bond acceptors (Lipinski definition) is 4. The van der Waals surface area contributed by atoms with E-state index in [2.05, 4.69) is 43.0 Å². The monoisotopic (exact) mass is 370 g/mol. The van der Waals surface area contributed by atoms with Gasteiger partial charge in [0.1, 0.15) is 0 Å². The Hall–Kier alpha value is -2.14. The highest BCUT2D eigenvalue weighted by Gasteiger charge is 2.31. The highest BCUT2D eigenvalue weighted by atomic mass is 32.1. The van der Waals surface area contributed by atoms with Gasteiger partial charge in [-0.25, -0.2) is 0 Å².